The molecule has 1 aliphatic heterocycles. The average Bonchev–Trinajstić information content (AvgIpc) is 3.58. The first-order valence-electron chi connectivity index (χ1n) is 11.0. The van der Waals surface area contributed by atoms with Gasteiger partial charge in [0.05, 0.1) is 28.9 Å². The van der Waals surface area contributed by atoms with Crippen molar-refractivity contribution < 1.29 is 9.53 Å². The van der Waals surface area contributed by atoms with Gasteiger partial charge in [0.1, 0.15) is 5.00 Å². The molecule has 0 saturated carbocycles. The number of carbonyl (C=O) groups is 1. The van der Waals surface area contributed by atoms with Gasteiger partial charge in [0, 0.05) is 12.2 Å². The lowest BCUT2D eigenvalue weighted by molar-refractivity contribution is 0.0968. The van der Waals surface area contributed by atoms with E-state index in [1.54, 1.807) is 11.3 Å². The highest BCUT2D eigenvalue weighted by atomic mass is 32.1. The van der Waals surface area contributed by atoms with Gasteiger partial charge in [-0.2, -0.15) is 0 Å². The minimum atomic E-state index is -0.121. The second-order valence-electron chi connectivity index (χ2n) is 8.05. The average molecular weight is 476 g/mol. The quantitative estimate of drug-likeness (QED) is 0.358. The van der Waals surface area contributed by atoms with Crippen LogP contribution >= 0.6 is 22.7 Å². The van der Waals surface area contributed by atoms with Crippen LogP contribution in [0.25, 0.3) is 10.6 Å². The van der Waals surface area contributed by atoms with Gasteiger partial charge in [-0.25, -0.2) is 4.99 Å². The highest BCUT2D eigenvalue weighted by Crippen LogP contribution is 2.35. The molecule has 5 nitrogen and oxygen atoms in total. The van der Waals surface area contributed by atoms with E-state index in [0.717, 1.165) is 51.1 Å². The SMILES string of the molecule is Cc1ccc(C(=O)Nc2sc(=Nc3ccccc3)n(C[C@@H]3CCCO3)c2-c2cccs2)cc1. The Morgan fingerprint density at radius 2 is 1.94 bits per heavy atom. The molecule has 168 valence electrons. The Morgan fingerprint density at radius 3 is 2.64 bits per heavy atom. The molecule has 4 aromatic rings. The molecule has 0 aliphatic carbocycles. The summed E-state index contributed by atoms with van der Waals surface area (Å²) in [5.74, 6) is -0.121. The molecule has 1 amide bonds. The van der Waals surface area contributed by atoms with E-state index in [1.165, 1.54) is 11.3 Å². The number of thiazole rings is 1. The number of benzene rings is 2. The molecule has 1 fully saturated rings. The highest BCUT2D eigenvalue weighted by molar-refractivity contribution is 7.16. The van der Waals surface area contributed by atoms with Gasteiger partial charge in [0.15, 0.2) is 4.80 Å². The molecule has 0 radical (unpaired) electrons. The molecule has 3 heterocycles. The second kappa shape index (κ2) is 9.87. The molecule has 2 aromatic carbocycles. The Labute approximate surface area is 201 Å². The Bertz CT molecular complexity index is 1280. The number of carbonyl (C=O) groups excluding carboxylic acids is 1. The zero-order chi connectivity index (χ0) is 22.6. The molecule has 0 spiro atoms. The van der Waals surface area contributed by atoms with Crippen LogP contribution in [-0.2, 0) is 11.3 Å². The van der Waals surface area contributed by atoms with Gasteiger partial charge >= 0.3 is 0 Å². The van der Waals surface area contributed by atoms with E-state index in [9.17, 15) is 4.79 Å². The fraction of sp³-hybridized carbons (Fsp3) is 0.231. The van der Waals surface area contributed by atoms with Crippen molar-refractivity contribution in [1.29, 1.82) is 0 Å². The van der Waals surface area contributed by atoms with Crippen molar-refractivity contribution >= 4 is 39.3 Å². The summed E-state index contributed by atoms with van der Waals surface area (Å²) in [5.41, 5.74) is 3.63. The van der Waals surface area contributed by atoms with E-state index >= 15 is 0 Å². The predicted octanol–water partition coefficient (Wildman–Crippen LogP) is 6.25. The van der Waals surface area contributed by atoms with Crippen molar-refractivity contribution in [3.63, 3.8) is 0 Å². The molecule has 0 bridgehead atoms. The number of ether oxygens (including phenoxy) is 1. The lowest BCUT2D eigenvalue weighted by atomic mass is 10.1. The first kappa shape index (κ1) is 21.8. The normalized spacial score (nSPS) is 16.3. The third-order valence-corrected chi connectivity index (χ3v) is 7.47. The zero-order valence-electron chi connectivity index (χ0n) is 18.4. The molecule has 1 saturated heterocycles. The highest BCUT2D eigenvalue weighted by Gasteiger charge is 2.23. The van der Waals surface area contributed by atoms with E-state index in [4.69, 9.17) is 9.73 Å². The summed E-state index contributed by atoms with van der Waals surface area (Å²) in [5, 5.41) is 6.03. The maximum absolute atomic E-state index is 13.1. The summed E-state index contributed by atoms with van der Waals surface area (Å²) in [6.45, 7) is 3.52. The van der Waals surface area contributed by atoms with Crippen LogP contribution in [-0.4, -0.2) is 23.2 Å². The van der Waals surface area contributed by atoms with Crippen molar-refractivity contribution in [3.8, 4) is 10.6 Å². The minimum absolute atomic E-state index is 0.121. The molecule has 1 aliphatic rings. The lowest BCUT2D eigenvalue weighted by Gasteiger charge is -2.14. The molecule has 5 rings (SSSR count). The molecule has 1 N–H and O–H groups in total. The van der Waals surface area contributed by atoms with E-state index in [2.05, 4.69) is 21.3 Å². The van der Waals surface area contributed by atoms with Crippen molar-refractivity contribution in [2.75, 3.05) is 11.9 Å². The van der Waals surface area contributed by atoms with E-state index in [-0.39, 0.29) is 12.0 Å². The summed E-state index contributed by atoms with van der Waals surface area (Å²) < 4.78 is 8.18. The third kappa shape index (κ3) is 5.00. The first-order chi connectivity index (χ1) is 16.2. The van der Waals surface area contributed by atoms with Crippen LogP contribution in [0.15, 0.2) is 77.1 Å². The molecule has 33 heavy (non-hydrogen) atoms. The summed E-state index contributed by atoms with van der Waals surface area (Å²) in [6, 6.07) is 21.7. The fourth-order valence-electron chi connectivity index (χ4n) is 3.89. The van der Waals surface area contributed by atoms with Gasteiger partial charge in [-0.05, 0) is 55.5 Å². The number of amides is 1. The van der Waals surface area contributed by atoms with E-state index < -0.39 is 0 Å². The lowest BCUT2D eigenvalue weighted by Crippen LogP contribution is -2.24. The van der Waals surface area contributed by atoms with Crippen molar-refractivity contribution in [2.45, 2.75) is 32.4 Å². The molecule has 1 atom stereocenters. The minimum Gasteiger partial charge on any atom is -0.376 e. The Balaban J connectivity index is 1.62. The maximum Gasteiger partial charge on any atom is 0.256 e. The number of thiophene rings is 1. The Morgan fingerprint density at radius 1 is 1.12 bits per heavy atom. The standard InChI is InChI=1S/C26H25N3O2S2/c1-18-11-13-19(14-12-18)24(30)28-25-23(22-10-6-16-32-22)29(17-21-9-5-15-31-21)26(33-25)27-20-7-3-2-4-8-20/h2-4,6-8,10-14,16,21H,5,9,15,17H2,1H3,(H,28,30)/t21-/m0/s1. The van der Waals surface area contributed by atoms with E-state index in [1.807, 2.05) is 67.6 Å². The van der Waals surface area contributed by atoms with Gasteiger partial charge in [-0.15, -0.1) is 11.3 Å². The van der Waals surface area contributed by atoms with Crippen LogP contribution < -0.4 is 10.1 Å². The third-order valence-electron chi connectivity index (χ3n) is 5.60. The molecule has 2 aromatic heterocycles. The second-order valence-corrected chi connectivity index (χ2v) is 9.98. The smallest absolute Gasteiger partial charge is 0.256 e. The van der Waals surface area contributed by atoms with Crippen LogP contribution in [0.1, 0.15) is 28.8 Å². The summed E-state index contributed by atoms with van der Waals surface area (Å²) in [4.78, 5) is 20.0. The summed E-state index contributed by atoms with van der Waals surface area (Å²) in [6.07, 6.45) is 2.25. The van der Waals surface area contributed by atoms with Crippen LogP contribution in [0.4, 0.5) is 10.7 Å². The number of rotatable bonds is 6. The largest absolute Gasteiger partial charge is 0.376 e. The molecule has 0 unspecified atom stereocenters. The molecular weight excluding hydrogens is 450 g/mol. The van der Waals surface area contributed by atoms with Gasteiger partial charge in [0.2, 0.25) is 0 Å². The number of anilines is 1. The van der Waals surface area contributed by atoms with Crippen LogP contribution in [0, 0.1) is 6.92 Å². The summed E-state index contributed by atoms with van der Waals surface area (Å²) >= 11 is 3.16. The predicted molar refractivity (Wildman–Crippen MR) is 135 cm³/mol. The van der Waals surface area contributed by atoms with Gasteiger partial charge in [-0.3, -0.25) is 4.79 Å². The number of nitrogens with one attached hydrogen (secondary N) is 1. The van der Waals surface area contributed by atoms with Crippen LogP contribution in [0.3, 0.4) is 0 Å². The maximum atomic E-state index is 13.1. The Kier molecular flexibility index (Phi) is 6.53. The van der Waals surface area contributed by atoms with Crippen LogP contribution in [0.5, 0.6) is 0 Å². The van der Waals surface area contributed by atoms with Crippen molar-refractivity contribution in [1.82, 2.24) is 4.57 Å². The monoisotopic (exact) mass is 475 g/mol. The van der Waals surface area contributed by atoms with Gasteiger partial charge in [0.25, 0.3) is 5.91 Å². The number of aromatic nitrogens is 1. The Hall–Kier alpha value is -3.00. The molecular formula is C26H25N3O2S2. The topological polar surface area (TPSA) is 55.6 Å². The van der Waals surface area contributed by atoms with Crippen LogP contribution in [0.2, 0.25) is 0 Å². The van der Waals surface area contributed by atoms with Gasteiger partial charge < -0.3 is 14.6 Å². The van der Waals surface area contributed by atoms with Crippen molar-refractivity contribution in [2.24, 2.45) is 4.99 Å². The number of hydrogen-bond acceptors (Lipinski definition) is 5. The zero-order valence-corrected chi connectivity index (χ0v) is 20.0. The van der Waals surface area contributed by atoms with E-state index in [0.29, 0.717) is 12.1 Å². The van der Waals surface area contributed by atoms with Crippen molar-refractivity contribution in [3.05, 3.63) is 88.0 Å². The van der Waals surface area contributed by atoms with Gasteiger partial charge in [-0.1, -0.05) is 53.3 Å². The number of nitrogens with zero attached hydrogens (tertiary/aromatic N) is 2. The summed E-state index contributed by atoms with van der Waals surface area (Å²) in [7, 11) is 0. The number of para-hydroxylation sites is 1. The number of hydrogen-bond donors (Lipinski definition) is 1. The number of aryl methyl sites for hydroxylation is 1. The first-order valence-corrected chi connectivity index (χ1v) is 12.7. The molecule has 7 heteroatoms. The fourth-order valence-corrected chi connectivity index (χ4v) is 5.81.